The molecule has 0 bridgehead atoms. The van der Waals surface area contributed by atoms with Crippen molar-refractivity contribution < 1.29 is 0 Å². The molecule has 0 atom stereocenters. The third kappa shape index (κ3) is 2.32. The van der Waals surface area contributed by atoms with Crippen molar-refractivity contribution in [2.75, 3.05) is 31.6 Å². The van der Waals surface area contributed by atoms with E-state index in [0.29, 0.717) is 12.6 Å². The number of nitrogens with two attached hydrogens (primary N) is 1. The van der Waals surface area contributed by atoms with Crippen LogP contribution in [0.4, 0.5) is 5.82 Å². The van der Waals surface area contributed by atoms with E-state index >= 15 is 0 Å². The molecule has 0 aromatic carbocycles. The van der Waals surface area contributed by atoms with Crippen LogP contribution in [-0.4, -0.2) is 47.0 Å². The van der Waals surface area contributed by atoms with Gasteiger partial charge >= 0.3 is 0 Å². The first kappa shape index (κ1) is 13.9. The quantitative estimate of drug-likeness (QED) is 0.933. The molecule has 0 radical (unpaired) electrons. The average Bonchev–Trinajstić information content (AvgIpc) is 3.06. The average molecular weight is 293 g/mol. The highest BCUT2D eigenvalue weighted by atomic mass is 32.1. The summed E-state index contributed by atoms with van der Waals surface area (Å²) in [6.45, 7) is 6.30. The van der Waals surface area contributed by atoms with E-state index < -0.39 is 0 Å². The number of aromatic nitrogens is 2. The van der Waals surface area contributed by atoms with Crippen LogP contribution in [-0.2, 0) is 6.54 Å². The van der Waals surface area contributed by atoms with Crippen molar-refractivity contribution in [3.63, 3.8) is 0 Å². The third-order valence-electron chi connectivity index (χ3n) is 4.42. The topological polar surface area (TPSA) is 49.8 Å². The molecule has 5 nitrogen and oxygen atoms in total. The lowest BCUT2D eigenvalue weighted by molar-refractivity contribution is 0.220. The van der Waals surface area contributed by atoms with Crippen LogP contribution >= 0.6 is 11.3 Å². The number of anilines is 1. The molecule has 0 amide bonds. The number of thiazole rings is 1. The molecule has 2 aromatic heterocycles. The van der Waals surface area contributed by atoms with Gasteiger partial charge in [-0.2, -0.15) is 0 Å². The Morgan fingerprint density at radius 2 is 2.20 bits per heavy atom. The molecule has 1 saturated heterocycles. The number of hydrogen-bond acceptors (Lipinski definition) is 5. The van der Waals surface area contributed by atoms with Crippen LogP contribution in [0.25, 0.3) is 4.96 Å². The van der Waals surface area contributed by atoms with E-state index in [1.54, 1.807) is 11.3 Å². The predicted octanol–water partition coefficient (Wildman–Crippen LogP) is 1.77. The number of piperidine rings is 1. The van der Waals surface area contributed by atoms with E-state index in [0.717, 1.165) is 23.0 Å². The van der Waals surface area contributed by atoms with Gasteiger partial charge in [-0.05, 0) is 19.4 Å². The number of nitrogens with zero attached hydrogens (tertiary/aromatic N) is 4. The van der Waals surface area contributed by atoms with Crippen LogP contribution < -0.4 is 10.6 Å². The summed E-state index contributed by atoms with van der Waals surface area (Å²) in [7, 11) is 2.16. The Bertz CT molecular complexity index is 567. The Labute approximate surface area is 124 Å². The van der Waals surface area contributed by atoms with E-state index in [-0.39, 0.29) is 0 Å². The van der Waals surface area contributed by atoms with E-state index in [2.05, 4.69) is 39.7 Å². The fraction of sp³-hybridized carbons (Fsp3) is 0.643. The summed E-state index contributed by atoms with van der Waals surface area (Å²) in [5.74, 6) is 1.06. The lowest BCUT2D eigenvalue weighted by Crippen LogP contribution is -2.43. The largest absolute Gasteiger partial charge is 0.355 e. The highest BCUT2D eigenvalue weighted by molar-refractivity contribution is 7.15. The van der Waals surface area contributed by atoms with Gasteiger partial charge in [0, 0.05) is 44.3 Å². The van der Waals surface area contributed by atoms with Crippen LogP contribution in [0.2, 0.25) is 0 Å². The fourth-order valence-electron chi connectivity index (χ4n) is 3.09. The van der Waals surface area contributed by atoms with Crippen LogP contribution in [0.5, 0.6) is 0 Å². The molecule has 20 heavy (non-hydrogen) atoms. The van der Waals surface area contributed by atoms with Crippen molar-refractivity contribution in [2.45, 2.75) is 32.4 Å². The SMILES string of the molecule is CCN1CCC(N(C)c2nc3sccn3c2CN)CC1. The van der Waals surface area contributed by atoms with Crippen molar-refractivity contribution in [3.05, 3.63) is 17.3 Å². The maximum Gasteiger partial charge on any atom is 0.195 e. The van der Waals surface area contributed by atoms with Gasteiger partial charge in [0.1, 0.15) is 0 Å². The van der Waals surface area contributed by atoms with Gasteiger partial charge in [0.25, 0.3) is 0 Å². The smallest absolute Gasteiger partial charge is 0.195 e. The molecule has 3 rings (SSSR count). The number of rotatable bonds is 4. The van der Waals surface area contributed by atoms with Crippen LogP contribution in [0, 0.1) is 0 Å². The maximum absolute atomic E-state index is 5.94. The standard InChI is InChI=1S/C14H23N5S/c1-3-18-6-4-11(5-7-18)17(2)13-12(10-15)19-8-9-20-14(19)16-13/h8-9,11H,3-7,10,15H2,1-2H3. The van der Waals surface area contributed by atoms with Gasteiger partial charge in [0.05, 0.1) is 5.69 Å². The summed E-state index contributed by atoms with van der Waals surface area (Å²) in [4.78, 5) is 10.7. The number of hydrogen-bond donors (Lipinski definition) is 1. The second-order valence-corrected chi connectivity index (χ2v) is 6.29. The fourth-order valence-corrected chi connectivity index (χ4v) is 3.82. The van der Waals surface area contributed by atoms with E-state index in [4.69, 9.17) is 10.7 Å². The number of likely N-dealkylation sites (tertiary alicyclic amines) is 1. The molecule has 3 heterocycles. The lowest BCUT2D eigenvalue weighted by atomic mass is 10.0. The van der Waals surface area contributed by atoms with Crippen LogP contribution in [0.3, 0.4) is 0 Å². The summed E-state index contributed by atoms with van der Waals surface area (Å²) in [5, 5.41) is 2.06. The first-order valence-electron chi connectivity index (χ1n) is 7.34. The Morgan fingerprint density at radius 1 is 1.45 bits per heavy atom. The summed E-state index contributed by atoms with van der Waals surface area (Å²) in [5.41, 5.74) is 7.07. The van der Waals surface area contributed by atoms with Crippen molar-refractivity contribution in [1.29, 1.82) is 0 Å². The molecule has 1 aliphatic rings. The Kier molecular flexibility index (Phi) is 3.96. The maximum atomic E-state index is 5.94. The number of fused-ring (bicyclic) bond motifs is 1. The van der Waals surface area contributed by atoms with Gasteiger partial charge in [-0.25, -0.2) is 4.98 Å². The van der Waals surface area contributed by atoms with Crippen molar-refractivity contribution >= 4 is 22.1 Å². The van der Waals surface area contributed by atoms with Gasteiger partial charge in [0.15, 0.2) is 10.8 Å². The molecule has 0 unspecified atom stereocenters. The Hall–Kier alpha value is -1.11. The summed E-state index contributed by atoms with van der Waals surface area (Å²) < 4.78 is 2.12. The normalized spacial score (nSPS) is 17.9. The van der Waals surface area contributed by atoms with Gasteiger partial charge in [-0.1, -0.05) is 6.92 Å². The van der Waals surface area contributed by atoms with Crippen molar-refractivity contribution in [2.24, 2.45) is 5.73 Å². The molecular weight excluding hydrogens is 270 g/mol. The zero-order valence-electron chi connectivity index (χ0n) is 12.2. The van der Waals surface area contributed by atoms with Crippen molar-refractivity contribution in [1.82, 2.24) is 14.3 Å². The molecule has 1 fully saturated rings. The summed E-state index contributed by atoms with van der Waals surface area (Å²) in [6.07, 6.45) is 4.48. The van der Waals surface area contributed by atoms with Gasteiger partial charge < -0.3 is 15.5 Å². The second-order valence-electron chi connectivity index (χ2n) is 5.42. The molecular formula is C14H23N5S. The molecule has 2 N–H and O–H groups in total. The molecule has 0 saturated carbocycles. The first-order valence-corrected chi connectivity index (χ1v) is 8.22. The molecule has 0 spiro atoms. The van der Waals surface area contributed by atoms with Gasteiger partial charge in [0.2, 0.25) is 0 Å². The first-order chi connectivity index (χ1) is 9.74. The number of imidazole rings is 1. The minimum absolute atomic E-state index is 0.533. The summed E-state index contributed by atoms with van der Waals surface area (Å²) >= 11 is 1.67. The Morgan fingerprint density at radius 3 is 2.85 bits per heavy atom. The highest BCUT2D eigenvalue weighted by Gasteiger charge is 2.25. The highest BCUT2D eigenvalue weighted by Crippen LogP contribution is 2.27. The van der Waals surface area contributed by atoms with Gasteiger partial charge in [-0.3, -0.25) is 4.40 Å². The molecule has 2 aromatic rings. The van der Waals surface area contributed by atoms with E-state index in [9.17, 15) is 0 Å². The van der Waals surface area contributed by atoms with E-state index in [1.165, 1.54) is 25.9 Å². The van der Waals surface area contributed by atoms with E-state index in [1.807, 2.05) is 0 Å². The van der Waals surface area contributed by atoms with Crippen molar-refractivity contribution in [3.8, 4) is 0 Å². The van der Waals surface area contributed by atoms with Crippen LogP contribution in [0.15, 0.2) is 11.6 Å². The molecule has 1 aliphatic heterocycles. The van der Waals surface area contributed by atoms with Crippen LogP contribution in [0.1, 0.15) is 25.5 Å². The lowest BCUT2D eigenvalue weighted by Gasteiger charge is -2.36. The third-order valence-corrected chi connectivity index (χ3v) is 5.18. The predicted molar refractivity (Wildman–Crippen MR) is 84.5 cm³/mol. The second kappa shape index (κ2) is 5.71. The minimum atomic E-state index is 0.533. The molecule has 0 aliphatic carbocycles. The molecule has 6 heteroatoms. The summed E-state index contributed by atoms with van der Waals surface area (Å²) in [6, 6.07) is 0.577. The zero-order valence-corrected chi connectivity index (χ0v) is 13.1. The minimum Gasteiger partial charge on any atom is -0.355 e. The van der Waals surface area contributed by atoms with Gasteiger partial charge in [-0.15, -0.1) is 11.3 Å². The monoisotopic (exact) mass is 293 g/mol. The zero-order chi connectivity index (χ0) is 14.1. The Balaban J connectivity index is 1.81. The molecule has 110 valence electrons.